The first kappa shape index (κ1) is 12.3. The summed E-state index contributed by atoms with van der Waals surface area (Å²) in [6.07, 6.45) is -3.56. The fraction of sp³-hybridized carbons (Fsp3) is 0.300. The average Bonchev–Trinajstić information content (AvgIpc) is 2.26. The third-order valence-electron chi connectivity index (χ3n) is 2.09. The number of phenolic OH excluding ortho intramolecular Hbond substituents is 1. The van der Waals surface area contributed by atoms with Gasteiger partial charge >= 0.3 is 5.97 Å². The van der Waals surface area contributed by atoms with E-state index < -0.39 is 18.2 Å². The Balaban J connectivity index is 3.07. The van der Waals surface area contributed by atoms with Gasteiger partial charge in [0.25, 0.3) is 0 Å². The van der Waals surface area contributed by atoms with Gasteiger partial charge < -0.3 is 25.2 Å². The van der Waals surface area contributed by atoms with Gasteiger partial charge in [0, 0.05) is 11.6 Å². The van der Waals surface area contributed by atoms with Crippen molar-refractivity contribution in [2.75, 3.05) is 7.11 Å². The molecule has 6 nitrogen and oxygen atoms in total. The lowest BCUT2D eigenvalue weighted by molar-refractivity contribution is -0.153. The van der Waals surface area contributed by atoms with Crippen LogP contribution in [0.15, 0.2) is 18.2 Å². The summed E-state index contributed by atoms with van der Waals surface area (Å²) in [4.78, 5) is 10.5. The lowest BCUT2D eigenvalue weighted by atomic mass is 10.0. The Bertz CT molecular complexity index is 389. The molecule has 0 saturated heterocycles. The number of carboxylic acid groups (broad SMARTS) is 1. The zero-order valence-electron chi connectivity index (χ0n) is 8.49. The molecule has 0 aliphatic carbocycles. The highest BCUT2D eigenvalue weighted by atomic mass is 16.5. The van der Waals surface area contributed by atoms with E-state index in [2.05, 4.69) is 0 Å². The average molecular weight is 228 g/mol. The Morgan fingerprint density at radius 1 is 1.38 bits per heavy atom. The lowest BCUT2D eigenvalue weighted by Gasteiger charge is -2.17. The number of phenols is 1. The summed E-state index contributed by atoms with van der Waals surface area (Å²) >= 11 is 0. The van der Waals surface area contributed by atoms with Crippen molar-refractivity contribution in [3.8, 4) is 11.5 Å². The van der Waals surface area contributed by atoms with Gasteiger partial charge in [0.1, 0.15) is 17.6 Å². The van der Waals surface area contributed by atoms with Gasteiger partial charge in [-0.25, -0.2) is 4.79 Å². The van der Waals surface area contributed by atoms with Crippen LogP contribution in [0.3, 0.4) is 0 Å². The number of ether oxygens (including phenoxy) is 1. The highest BCUT2D eigenvalue weighted by molar-refractivity contribution is 5.73. The molecule has 0 aliphatic heterocycles. The number of hydrogen-bond donors (Lipinski definition) is 4. The number of carbonyl (C=O) groups is 1. The van der Waals surface area contributed by atoms with Gasteiger partial charge in [-0.05, 0) is 12.1 Å². The minimum Gasteiger partial charge on any atom is -0.508 e. The quantitative estimate of drug-likeness (QED) is 0.572. The van der Waals surface area contributed by atoms with E-state index >= 15 is 0 Å². The number of rotatable bonds is 4. The smallest absolute Gasteiger partial charge is 0.335 e. The van der Waals surface area contributed by atoms with Gasteiger partial charge in [-0.2, -0.15) is 0 Å². The van der Waals surface area contributed by atoms with Crippen LogP contribution >= 0.6 is 0 Å². The number of hydrogen-bond acceptors (Lipinski definition) is 5. The molecule has 0 bridgehead atoms. The molecule has 0 fully saturated rings. The molecule has 16 heavy (non-hydrogen) atoms. The summed E-state index contributed by atoms with van der Waals surface area (Å²) < 4.78 is 4.85. The monoisotopic (exact) mass is 228 g/mol. The summed E-state index contributed by atoms with van der Waals surface area (Å²) in [6.45, 7) is 0. The van der Waals surface area contributed by atoms with Crippen molar-refractivity contribution >= 4 is 5.97 Å². The summed E-state index contributed by atoms with van der Waals surface area (Å²) in [7, 11) is 1.30. The van der Waals surface area contributed by atoms with Gasteiger partial charge in [-0.1, -0.05) is 0 Å². The van der Waals surface area contributed by atoms with E-state index in [9.17, 15) is 15.0 Å². The molecular formula is C10H12O6. The van der Waals surface area contributed by atoms with Crippen molar-refractivity contribution in [3.63, 3.8) is 0 Å². The van der Waals surface area contributed by atoms with Crippen molar-refractivity contribution in [3.05, 3.63) is 23.8 Å². The number of aliphatic hydroxyl groups is 2. The first-order valence-electron chi connectivity index (χ1n) is 4.43. The topological polar surface area (TPSA) is 107 Å². The Morgan fingerprint density at radius 2 is 2.00 bits per heavy atom. The highest BCUT2D eigenvalue weighted by Crippen LogP contribution is 2.30. The van der Waals surface area contributed by atoms with E-state index in [1.807, 2.05) is 0 Å². The van der Waals surface area contributed by atoms with Crippen LogP contribution in [-0.2, 0) is 4.79 Å². The molecule has 0 spiro atoms. The number of aliphatic hydroxyl groups excluding tert-OH is 2. The molecule has 0 amide bonds. The minimum absolute atomic E-state index is 0.0855. The van der Waals surface area contributed by atoms with E-state index in [1.54, 1.807) is 0 Å². The van der Waals surface area contributed by atoms with Crippen LogP contribution in [0.2, 0.25) is 0 Å². The molecule has 1 rings (SSSR count). The molecule has 0 saturated carbocycles. The van der Waals surface area contributed by atoms with Crippen LogP contribution in [-0.4, -0.2) is 39.6 Å². The van der Waals surface area contributed by atoms with Gasteiger partial charge in [0.2, 0.25) is 0 Å². The largest absolute Gasteiger partial charge is 0.508 e. The third kappa shape index (κ3) is 2.41. The van der Waals surface area contributed by atoms with E-state index in [4.69, 9.17) is 14.9 Å². The van der Waals surface area contributed by atoms with Crippen LogP contribution in [0, 0.1) is 0 Å². The van der Waals surface area contributed by atoms with Crippen LogP contribution in [0.25, 0.3) is 0 Å². The second kappa shape index (κ2) is 4.82. The zero-order valence-corrected chi connectivity index (χ0v) is 8.49. The molecule has 6 heteroatoms. The molecule has 2 atom stereocenters. The van der Waals surface area contributed by atoms with Gasteiger partial charge in [0.15, 0.2) is 6.10 Å². The number of methoxy groups -OCH3 is 1. The Hall–Kier alpha value is -1.79. The molecule has 4 N–H and O–H groups in total. The van der Waals surface area contributed by atoms with Crippen molar-refractivity contribution in [2.45, 2.75) is 12.2 Å². The van der Waals surface area contributed by atoms with Crippen molar-refractivity contribution in [1.29, 1.82) is 0 Å². The van der Waals surface area contributed by atoms with E-state index in [1.165, 1.54) is 25.3 Å². The second-order valence-corrected chi connectivity index (χ2v) is 3.15. The number of aliphatic carboxylic acids is 1. The van der Waals surface area contributed by atoms with Crippen LogP contribution in [0.5, 0.6) is 11.5 Å². The zero-order chi connectivity index (χ0) is 12.3. The molecule has 1 aromatic rings. The highest BCUT2D eigenvalue weighted by Gasteiger charge is 2.27. The maximum Gasteiger partial charge on any atom is 0.335 e. The van der Waals surface area contributed by atoms with Gasteiger partial charge in [-0.15, -0.1) is 0 Å². The molecule has 88 valence electrons. The Morgan fingerprint density at radius 3 is 2.50 bits per heavy atom. The summed E-state index contributed by atoms with van der Waals surface area (Å²) in [5, 5.41) is 36.4. The fourth-order valence-corrected chi connectivity index (χ4v) is 1.25. The number of benzene rings is 1. The summed E-state index contributed by atoms with van der Waals surface area (Å²) in [5.41, 5.74) is 0.0928. The van der Waals surface area contributed by atoms with Crippen molar-refractivity contribution in [2.24, 2.45) is 0 Å². The first-order chi connectivity index (χ1) is 7.47. The number of carboxylic acids is 1. The molecule has 0 heterocycles. The molecule has 0 aromatic heterocycles. The predicted octanol–water partition coefficient (Wildman–Crippen LogP) is -0.120. The molecule has 0 aliphatic rings. The standard InChI is InChI=1S/C10H12O6/c1-16-7-4-5(11)2-3-6(7)8(12)9(13)10(14)15/h2-4,8-9,11-13H,1H3,(H,14,15). The minimum atomic E-state index is -1.95. The summed E-state index contributed by atoms with van der Waals surface area (Å²) in [6, 6.07) is 3.76. The first-order valence-corrected chi connectivity index (χ1v) is 4.43. The third-order valence-corrected chi connectivity index (χ3v) is 2.09. The normalized spacial score (nSPS) is 14.2. The maximum absolute atomic E-state index is 10.5. The molecule has 0 radical (unpaired) electrons. The SMILES string of the molecule is COc1cc(O)ccc1C(O)C(O)C(=O)O. The van der Waals surface area contributed by atoms with Gasteiger partial charge in [-0.3, -0.25) is 0 Å². The van der Waals surface area contributed by atoms with Crippen molar-refractivity contribution < 1.29 is 30.0 Å². The van der Waals surface area contributed by atoms with Crippen molar-refractivity contribution in [1.82, 2.24) is 0 Å². The van der Waals surface area contributed by atoms with E-state index in [-0.39, 0.29) is 17.1 Å². The fourth-order valence-electron chi connectivity index (χ4n) is 1.25. The maximum atomic E-state index is 10.5. The molecule has 1 aromatic carbocycles. The second-order valence-electron chi connectivity index (χ2n) is 3.15. The number of aromatic hydroxyl groups is 1. The van der Waals surface area contributed by atoms with Crippen LogP contribution in [0.1, 0.15) is 11.7 Å². The van der Waals surface area contributed by atoms with Crippen LogP contribution < -0.4 is 4.74 Å². The van der Waals surface area contributed by atoms with Gasteiger partial charge in [0.05, 0.1) is 7.11 Å². The summed E-state index contributed by atoms with van der Waals surface area (Å²) in [5.74, 6) is -1.52. The molecular weight excluding hydrogens is 216 g/mol. The van der Waals surface area contributed by atoms with E-state index in [0.717, 1.165) is 0 Å². The molecule has 2 unspecified atom stereocenters. The van der Waals surface area contributed by atoms with E-state index in [0.29, 0.717) is 0 Å². The Kier molecular flexibility index (Phi) is 3.70. The lowest BCUT2D eigenvalue weighted by Crippen LogP contribution is -2.27. The Labute approximate surface area is 91.3 Å². The van der Waals surface area contributed by atoms with Crippen LogP contribution in [0.4, 0.5) is 0 Å². The predicted molar refractivity (Wildman–Crippen MR) is 53.3 cm³/mol.